The second-order valence-electron chi connectivity index (χ2n) is 5.97. The quantitative estimate of drug-likeness (QED) is 0.724. The first kappa shape index (κ1) is 18.3. The SMILES string of the molecule is O=C(CC1CCNCCC1(F)F)NC(Cc1ccncc1)C(=O)O. The van der Waals surface area contributed by atoms with Crippen LogP contribution in [0.2, 0.25) is 0 Å². The lowest BCUT2D eigenvalue weighted by atomic mass is 9.92. The molecule has 0 aliphatic carbocycles. The second-order valence-corrected chi connectivity index (χ2v) is 5.97. The van der Waals surface area contributed by atoms with E-state index in [4.69, 9.17) is 0 Å². The molecule has 0 spiro atoms. The molecule has 0 radical (unpaired) electrons. The van der Waals surface area contributed by atoms with Crippen molar-refractivity contribution in [2.75, 3.05) is 13.1 Å². The van der Waals surface area contributed by atoms with Gasteiger partial charge in [-0.15, -0.1) is 0 Å². The summed E-state index contributed by atoms with van der Waals surface area (Å²) in [5.74, 6) is -5.87. The first-order chi connectivity index (χ1) is 11.4. The topological polar surface area (TPSA) is 91.3 Å². The molecule has 6 nitrogen and oxygen atoms in total. The predicted octanol–water partition coefficient (Wildman–Crippen LogP) is 1.22. The number of carboxylic acid groups (broad SMARTS) is 1. The fraction of sp³-hybridized carbons (Fsp3) is 0.562. The lowest BCUT2D eigenvalue weighted by Gasteiger charge is -2.24. The van der Waals surface area contributed by atoms with Crippen LogP contribution in [0.25, 0.3) is 0 Å². The summed E-state index contributed by atoms with van der Waals surface area (Å²) in [5, 5.41) is 14.5. The van der Waals surface area contributed by atoms with Crippen LogP contribution < -0.4 is 10.6 Å². The maximum atomic E-state index is 14.0. The van der Waals surface area contributed by atoms with E-state index in [-0.39, 0.29) is 32.2 Å². The minimum absolute atomic E-state index is 0.0756. The highest BCUT2D eigenvalue weighted by Gasteiger charge is 2.41. The number of aromatic nitrogens is 1. The minimum Gasteiger partial charge on any atom is -0.480 e. The second kappa shape index (κ2) is 8.14. The first-order valence-electron chi connectivity index (χ1n) is 7.88. The van der Waals surface area contributed by atoms with Gasteiger partial charge in [-0.05, 0) is 30.7 Å². The van der Waals surface area contributed by atoms with Gasteiger partial charge in [0, 0.05) is 44.1 Å². The number of halogens is 2. The van der Waals surface area contributed by atoms with Crippen molar-refractivity contribution in [1.82, 2.24) is 15.6 Å². The van der Waals surface area contributed by atoms with Crippen LogP contribution in [-0.4, -0.2) is 47.0 Å². The van der Waals surface area contributed by atoms with Gasteiger partial charge in [0.05, 0.1) is 0 Å². The molecule has 0 bridgehead atoms. The third-order valence-corrected chi connectivity index (χ3v) is 4.16. The standard InChI is InChI=1S/C16H21F2N3O3/c17-16(18)4-8-20-7-3-12(16)10-14(22)21-13(15(23)24)9-11-1-5-19-6-2-11/h1-2,5-6,12-13,20H,3-4,7-10H2,(H,21,22)(H,23,24). The van der Waals surface area contributed by atoms with Crippen molar-refractivity contribution in [3.05, 3.63) is 30.1 Å². The van der Waals surface area contributed by atoms with Crippen molar-refractivity contribution < 1.29 is 23.5 Å². The van der Waals surface area contributed by atoms with Gasteiger partial charge in [0.25, 0.3) is 5.92 Å². The van der Waals surface area contributed by atoms with Gasteiger partial charge in [-0.2, -0.15) is 0 Å². The molecular weight excluding hydrogens is 320 g/mol. The van der Waals surface area contributed by atoms with Crippen LogP contribution in [0.15, 0.2) is 24.5 Å². The molecule has 1 aliphatic rings. The van der Waals surface area contributed by atoms with Crippen molar-refractivity contribution in [3.63, 3.8) is 0 Å². The number of alkyl halides is 2. The summed E-state index contributed by atoms with van der Waals surface area (Å²) < 4.78 is 28.0. The fourth-order valence-corrected chi connectivity index (χ4v) is 2.75. The lowest BCUT2D eigenvalue weighted by molar-refractivity contribution is -0.142. The zero-order chi connectivity index (χ0) is 17.6. The molecule has 0 aromatic carbocycles. The van der Waals surface area contributed by atoms with Crippen LogP contribution >= 0.6 is 0 Å². The van der Waals surface area contributed by atoms with Gasteiger partial charge in [0.1, 0.15) is 6.04 Å². The molecule has 24 heavy (non-hydrogen) atoms. The minimum atomic E-state index is -2.93. The summed E-state index contributed by atoms with van der Waals surface area (Å²) in [5.41, 5.74) is 0.696. The van der Waals surface area contributed by atoms with E-state index in [0.717, 1.165) is 0 Å². The summed E-state index contributed by atoms with van der Waals surface area (Å²) in [4.78, 5) is 27.2. The highest BCUT2D eigenvalue weighted by Crippen LogP contribution is 2.34. The van der Waals surface area contributed by atoms with Crippen molar-refractivity contribution in [2.45, 2.75) is 37.6 Å². The third kappa shape index (κ3) is 5.23. The van der Waals surface area contributed by atoms with Crippen LogP contribution in [0.5, 0.6) is 0 Å². The number of nitrogens with one attached hydrogen (secondary N) is 2. The average Bonchev–Trinajstić information content (AvgIpc) is 2.69. The molecule has 2 rings (SSSR count). The maximum absolute atomic E-state index is 14.0. The van der Waals surface area contributed by atoms with Crippen LogP contribution in [0, 0.1) is 5.92 Å². The molecule has 1 fully saturated rings. The Labute approximate surface area is 138 Å². The number of amides is 1. The van der Waals surface area contributed by atoms with Gasteiger partial charge in [-0.3, -0.25) is 9.78 Å². The Kier molecular flexibility index (Phi) is 6.19. The zero-order valence-electron chi connectivity index (χ0n) is 13.2. The first-order valence-corrected chi connectivity index (χ1v) is 7.88. The summed E-state index contributed by atoms with van der Waals surface area (Å²) in [7, 11) is 0. The van der Waals surface area contributed by atoms with Crippen molar-refractivity contribution in [2.24, 2.45) is 5.92 Å². The van der Waals surface area contributed by atoms with Crippen LogP contribution in [-0.2, 0) is 16.0 Å². The molecule has 1 aliphatic heterocycles. The molecular formula is C16H21F2N3O3. The number of hydrogen-bond acceptors (Lipinski definition) is 4. The van der Waals surface area contributed by atoms with E-state index in [1.165, 1.54) is 12.4 Å². The lowest BCUT2D eigenvalue weighted by Crippen LogP contribution is -2.44. The molecule has 1 aromatic heterocycles. The van der Waals surface area contributed by atoms with E-state index >= 15 is 0 Å². The van der Waals surface area contributed by atoms with Gasteiger partial charge in [-0.25, -0.2) is 13.6 Å². The Morgan fingerprint density at radius 1 is 1.38 bits per heavy atom. The summed E-state index contributed by atoms with van der Waals surface area (Å²) >= 11 is 0. The molecule has 8 heteroatoms. The Bertz CT molecular complexity index is 569. The number of pyridine rings is 1. The van der Waals surface area contributed by atoms with Crippen molar-refractivity contribution in [3.8, 4) is 0 Å². The Balaban J connectivity index is 1.96. The molecule has 2 heterocycles. The highest BCUT2D eigenvalue weighted by molar-refractivity contribution is 5.83. The zero-order valence-corrected chi connectivity index (χ0v) is 13.2. The number of carboxylic acids is 1. The molecule has 1 saturated heterocycles. The number of rotatable bonds is 6. The van der Waals surface area contributed by atoms with E-state index in [1.807, 2.05) is 0 Å². The normalized spacial score (nSPS) is 21.5. The third-order valence-electron chi connectivity index (χ3n) is 4.16. The number of nitrogens with zero attached hydrogens (tertiary/aromatic N) is 1. The Morgan fingerprint density at radius 2 is 2.08 bits per heavy atom. The smallest absolute Gasteiger partial charge is 0.326 e. The summed E-state index contributed by atoms with van der Waals surface area (Å²) in [6.45, 7) is 0.637. The summed E-state index contributed by atoms with van der Waals surface area (Å²) in [6, 6.07) is 2.14. The largest absolute Gasteiger partial charge is 0.480 e. The van der Waals surface area contributed by atoms with Gasteiger partial charge in [0.2, 0.25) is 5.91 Å². The molecule has 2 unspecified atom stereocenters. The van der Waals surface area contributed by atoms with Gasteiger partial charge >= 0.3 is 5.97 Å². The Morgan fingerprint density at radius 3 is 2.75 bits per heavy atom. The van der Waals surface area contributed by atoms with Crippen LogP contribution in [0.1, 0.15) is 24.8 Å². The predicted molar refractivity (Wildman–Crippen MR) is 82.7 cm³/mol. The fourth-order valence-electron chi connectivity index (χ4n) is 2.75. The summed E-state index contributed by atoms with van der Waals surface area (Å²) in [6.07, 6.45) is 2.61. The molecule has 0 saturated carbocycles. The van der Waals surface area contributed by atoms with E-state index in [1.54, 1.807) is 12.1 Å². The number of carbonyl (C=O) groups is 2. The monoisotopic (exact) mass is 341 g/mol. The van der Waals surface area contributed by atoms with Gasteiger partial charge in [0.15, 0.2) is 0 Å². The van der Waals surface area contributed by atoms with Gasteiger partial charge < -0.3 is 15.7 Å². The molecule has 3 N–H and O–H groups in total. The van der Waals surface area contributed by atoms with E-state index in [0.29, 0.717) is 12.1 Å². The van der Waals surface area contributed by atoms with E-state index < -0.39 is 29.8 Å². The number of hydrogen-bond donors (Lipinski definition) is 3. The molecule has 2 atom stereocenters. The number of carbonyl (C=O) groups excluding carboxylic acids is 1. The Hall–Kier alpha value is -2.09. The van der Waals surface area contributed by atoms with E-state index in [9.17, 15) is 23.5 Å². The van der Waals surface area contributed by atoms with Crippen molar-refractivity contribution >= 4 is 11.9 Å². The maximum Gasteiger partial charge on any atom is 0.326 e. The average molecular weight is 341 g/mol. The molecule has 1 amide bonds. The van der Waals surface area contributed by atoms with Crippen LogP contribution in [0.3, 0.4) is 0 Å². The van der Waals surface area contributed by atoms with Crippen molar-refractivity contribution in [1.29, 1.82) is 0 Å². The van der Waals surface area contributed by atoms with E-state index in [2.05, 4.69) is 15.6 Å². The molecule has 132 valence electrons. The van der Waals surface area contributed by atoms with Gasteiger partial charge in [-0.1, -0.05) is 0 Å². The highest BCUT2D eigenvalue weighted by atomic mass is 19.3. The van der Waals surface area contributed by atoms with Crippen LogP contribution in [0.4, 0.5) is 8.78 Å². The molecule has 1 aromatic rings. The number of aliphatic carboxylic acids is 1.